The number of carbonyl (C=O) groups is 1. The van der Waals surface area contributed by atoms with Crippen LogP contribution in [0.3, 0.4) is 0 Å². The smallest absolute Gasteiger partial charge is 0.242 e. The van der Waals surface area contributed by atoms with Gasteiger partial charge in [0.2, 0.25) is 5.91 Å². The molecule has 0 aromatic carbocycles. The predicted molar refractivity (Wildman–Crippen MR) is 59.4 cm³/mol. The lowest BCUT2D eigenvalue weighted by Crippen LogP contribution is -2.39. The number of likely N-dealkylation sites (tertiary alicyclic amines) is 1. The van der Waals surface area contributed by atoms with Crippen LogP contribution in [0.25, 0.3) is 0 Å². The van der Waals surface area contributed by atoms with E-state index in [1.807, 2.05) is 34.0 Å². The van der Waals surface area contributed by atoms with E-state index in [1.165, 1.54) is 0 Å². The summed E-state index contributed by atoms with van der Waals surface area (Å²) in [5, 5.41) is 0. The third-order valence-corrected chi connectivity index (χ3v) is 3.12. The van der Waals surface area contributed by atoms with Gasteiger partial charge in [-0.3, -0.25) is 4.79 Å². The molecule has 1 saturated heterocycles. The van der Waals surface area contributed by atoms with Crippen molar-refractivity contribution < 1.29 is 4.79 Å². The fourth-order valence-electron chi connectivity index (χ4n) is 1.99. The molecule has 3 nitrogen and oxygen atoms in total. The Bertz CT molecular complexity index is 310. The average molecular weight is 206 g/mol. The Hall–Kier alpha value is -1.25. The van der Waals surface area contributed by atoms with Crippen molar-refractivity contribution in [2.24, 2.45) is 5.92 Å². The van der Waals surface area contributed by atoms with E-state index in [4.69, 9.17) is 0 Å². The van der Waals surface area contributed by atoms with Crippen molar-refractivity contribution in [1.82, 2.24) is 9.47 Å². The van der Waals surface area contributed by atoms with Crippen LogP contribution in [0, 0.1) is 5.92 Å². The Kier molecular flexibility index (Phi) is 3.09. The van der Waals surface area contributed by atoms with Crippen LogP contribution < -0.4 is 0 Å². The number of hydrogen-bond acceptors (Lipinski definition) is 1. The molecule has 2 rings (SSSR count). The Labute approximate surface area is 90.7 Å². The second kappa shape index (κ2) is 4.51. The molecule has 0 bridgehead atoms. The molecule has 0 saturated carbocycles. The number of hydrogen-bond donors (Lipinski definition) is 0. The van der Waals surface area contributed by atoms with E-state index in [1.54, 1.807) is 0 Å². The molecule has 0 unspecified atom stereocenters. The lowest BCUT2D eigenvalue weighted by molar-refractivity contribution is -0.133. The summed E-state index contributed by atoms with van der Waals surface area (Å²) >= 11 is 0. The monoisotopic (exact) mass is 206 g/mol. The van der Waals surface area contributed by atoms with Crippen LogP contribution in [0.1, 0.15) is 19.8 Å². The molecule has 0 aliphatic carbocycles. The number of rotatable bonds is 2. The van der Waals surface area contributed by atoms with Crippen LogP contribution in [-0.2, 0) is 11.3 Å². The van der Waals surface area contributed by atoms with E-state index in [-0.39, 0.29) is 5.91 Å². The fraction of sp³-hybridized carbons (Fsp3) is 0.583. The van der Waals surface area contributed by atoms with Gasteiger partial charge in [-0.05, 0) is 30.9 Å². The maximum Gasteiger partial charge on any atom is 0.242 e. The molecule has 1 aromatic rings. The summed E-state index contributed by atoms with van der Waals surface area (Å²) in [7, 11) is 0. The molecular weight excluding hydrogens is 188 g/mol. The molecule has 0 N–H and O–H groups in total. The van der Waals surface area contributed by atoms with Crippen molar-refractivity contribution in [1.29, 1.82) is 0 Å². The van der Waals surface area contributed by atoms with Gasteiger partial charge in [-0.15, -0.1) is 0 Å². The summed E-state index contributed by atoms with van der Waals surface area (Å²) in [5.74, 6) is 1.03. The van der Waals surface area contributed by atoms with Crippen molar-refractivity contribution in [3.8, 4) is 0 Å². The third kappa shape index (κ3) is 2.61. The number of aromatic nitrogens is 1. The van der Waals surface area contributed by atoms with Crippen molar-refractivity contribution in [3.63, 3.8) is 0 Å². The Morgan fingerprint density at radius 1 is 1.27 bits per heavy atom. The van der Waals surface area contributed by atoms with Gasteiger partial charge in [0, 0.05) is 25.5 Å². The molecule has 1 aromatic heterocycles. The van der Waals surface area contributed by atoms with Gasteiger partial charge in [0.05, 0.1) is 0 Å². The van der Waals surface area contributed by atoms with Crippen molar-refractivity contribution in [3.05, 3.63) is 24.5 Å². The van der Waals surface area contributed by atoms with Crippen LogP contribution in [0.15, 0.2) is 24.5 Å². The second-order valence-electron chi connectivity index (χ2n) is 4.42. The highest BCUT2D eigenvalue weighted by atomic mass is 16.2. The molecule has 1 amide bonds. The van der Waals surface area contributed by atoms with Gasteiger partial charge < -0.3 is 9.47 Å². The van der Waals surface area contributed by atoms with Crippen LogP contribution in [-0.4, -0.2) is 28.5 Å². The molecule has 82 valence electrons. The van der Waals surface area contributed by atoms with E-state index in [9.17, 15) is 4.79 Å². The topological polar surface area (TPSA) is 25.2 Å². The summed E-state index contributed by atoms with van der Waals surface area (Å²) in [6.07, 6.45) is 6.17. The molecule has 3 heteroatoms. The summed E-state index contributed by atoms with van der Waals surface area (Å²) in [6.45, 7) is 4.61. The summed E-state index contributed by atoms with van der Waals surface area (Å²) in [5.41, 5.74) is 0. The van der Waals surface area contributed by atoms with Gasteiger partial charge in [0.25, 0.3) is 0 Å². The highest BCUT2D eigenvalue weighted by Gasteiger charge is 2.19. The van der Waals surface area contributed by atoms with Crippen LogP contribution in [0.2, 0.25) is 0 Å². The standard InChI is InChI=1S/C12H18N2O/c1-11-4-8-14(9-5-11)12(15)10-13-6-2-3-7-13/h2-3,6-7,11H,4-5,8-10H2,1H3. The van der Waals surface area contributed by atoms with E-state index in [2.05, 4.69) is 6.92 Å². The van der Waals surface area contributed by atoms with Crippen LogP contribution in [0.4, 0.5) is 0 Å². The minimum atomic E-state index is 0.248. The molecule has 0 atom stereocenters. The maximum atomic E-state index is 11.9. The molecule has 1 fully saturated rings. The molecule has 15 heavy (non-hydrogen) atoms. The molecule has 1 aliphatic rings. The number of carbonyl (C=O) groups excluding carboxylic acids is 1. The molecule has 1 aliphatic heterocycles. The lowest BCUT2D eigenvalue weighted by atomic mass is 9.99. The third-order valence-electron chi connectivity index (χ3n) is 3.12. The zero-order chi connectivity index (χ0) is 10.7. The normalized spacial score (nSPS) is 18.1. The summed E-state index contributed by atoms with van der Waals surface area (Å²) in [4.78, 5) is 13.9. The quantitative estimate of drug-likeness (QED) is 0.723. The largest absolute Gasteiger partial charge is 0.345 e. The van der Waals surface area contributed by atoms with Crippen LogP contribution >= 0.6 is 0 Å². The SMILES string of the molecule is CC1CCN(C(=O)Cn2cccc2)CC1. The Morgan fingerprint density at radius 3 is 2.47 bits per heavy atom. The number of piperidine rings is 1. The number of nitrogens with zero attached hydrogens (tertiary/aromatic N) is 2. The first-order chi connectivity index (χ1) is 7.25. The zero-order valence-corrected chi connectivity index (χ0v) is 9.22. The minimum Gasteiger partial charge on any atom is -0.345 e. The van der Waals surface area contributed by atoms with Gasteiger partial charge in [-0.25, -0.2) is 0 Å². The Morgan fingerprint density at radius 2 is 1.87 bits per heavy atom. The van der Waals surface area contributed by atoms with E-state index in [0.29, 0.717) is 6.54 Å². The first-order valence-corrected chi connectivity index (χ1v) is 5.64. The highest BCUT2D eigenvalue weighted by molar-refractivity contribution is 5.76. The zero-order valence-electron chi connectivity index (χ0n) is 9.22. The average Bonchev–Trinajstić information content (AvgIpc) is 2.71. The van der Waals surface area contributed by atoms with Crippen molar-refractivity contribution >= 4 is 5.91 Å². The van der Waals surface area contributed by atoms with Gasteiger partial charge in [0.1, 0.15) is 6.54 Å². The van der Waals surface area contributed by atoms with Crippen molar-refractivity contribution in [2.45, 2.75) is 26.3 Å². The van der Waals surface area contributed by atoms with E-state index < -0.39 is 0 Å². The lowest BCUT2D eigenvalue weighted by Gasteiger charge is -2.30. The van der Waals surface area contributed by atoms with Gasteiger partial charge in [0.15, 0.2) is 0 Å². The minimum absolute atomic E-state index is 0.248. The van der Waals surface area contributed by atoms with Crippen molar-refractivity contribution in [2.75, 3.05) is 13.1 Å². The fourth-order valence-corrected chi connectivity index (χ4v) is 1.99. The van der Waals surface area contributed by atoms with Gasteiger partial charge in [-0.2, -0.15) is 0 Å². The number of amides is 1. The highest BCUT2D eigenvalue weighted by Crippen LogP contribution is 2.16. The second-order valence-corrected chi connectivity index (χ2v) is 4.42. The molecular formula is C12H18N2O. The summed E-state index contributed by atoms with van der Waals surface area (Å²) in [6, 6.07) is 3.90. The van der Waals surface area contributed by atoms with Gasteiger partial charge >= 0.3 is 0 Å². The van der Waals surface area contributed by atoms with E-state index >= 15 is 0 Å². The first kappa shape index (κ1) is 10.3. The maximum absolute atomic E-state index is 11.9. The van der Waals surface area contributed by atoms with Gasteiger partial charge in [-0.1, -0.05) is 6.92 Å². The Balaban J connectivity index is 1.86. The first-order valence-electron chi connectivity index (χ1n) is 5.64. The van der Waals surface area contributed by atoms with E-state index in [0.717, 1.165) is 31.8 Å². The molecule has 0 spiro atoms. The molecule has 0 radical (unpaired) electrons. The van der Waals surface area contributed by atoms with Crippen LogP contribution in [0.5, 0.6) is 0 Å². The predicted octanol–water partition coefficient (Wildman–Crippen LogP) is 1.75. The molecule has 2 heterocycles. The summed E-state index contributed by atoms with van der Waals surface area (Å²) < 4.78 is 1.93.